The Morgan fingerprint density at radius 3 is 2.85 bits per heavy atom. The van der Waals surface area contributed by atoms with Gasteiger partial charge in [-0.3, -0.25) is 0 Å². The molecule has 0 aliphatic carbocycles. The number of nitrogens with zero attached hydrogens (tertiary/aromatic N) is 1. The van der Waals surface area contributed by atoms with E-state index < -0.39 is 0 Å². The van der Waals surface area contributed by atoms with Gasteiger partial charge in [0.05, 0.1) is 12.8 Å². The maximum atomic E-state index is 13.2. The molecule has 2 aromatic rings. The molecule has 0 unspecified atom stereocenters. The Labute approximate surface area is 117 Å². The lowest BCUT2D eigenvalue weighted by atomic mass is 10.2. The van der Waals surface area contributed by atoms with Crippen LogP contribution in [-0.2, 0) is 13.2 Å². The molecule has 0 saturated heterocycles. The van der Waals surface area contributed by atoms with Crippen LogP contribution in [0.3, 0.4) is 0 Å². The number of hydrogen-bond acceptors (Lipinski definition) is 4. The van der Waals surface area contributed by atoms with Gasteiger partial charge in [-0.1, -0.05) is 6.07 Å². The van der Waals surface area contributed by atoms with E-state index in [9.17, 15) is 4.39 Å². The lowest BCUT2D eigenvalue weighted by molar-refractivity contribution is 0.294. The highest BCUT2D eigenvalue weighted by molar-refractivity contribution is 5.34. The minimum atomic E-state index is -0.276. The fourth-order valence-corrected chi connectivity index (χ4v) is 1.82. The third-order valence-corrected chi connectivity index (χ3v) is 2.76. The lowest BCUT2D eigenvalue weighted by Crippen LogP contribution is -2.08. The molecule has 1 aromatic heterocycles. The van der Waals surface area contributed by atoms with E-state index in [4.69, 9.17) is 9.47 Å². The van der Waals surface area contributed by atoms with Crippen LogP contribution < -0.4 is 14.8 Å². The van der Waals surface area contributed by atoms with Crippen molar-refractivity contribution in [3.05, 3.63) is 53.5 Å². The third-order valence-electron chi connectivity index (χ3n) is 2.76. The molecule has 1 aromatic carbocycles. The van der Waals surface area contributed by atoms with Crippen molar-refractivity contribution in [3.8, 4) is 11.6 Å². The Balaban J connectivity index is 2.09. The number of hydrogen-bond donors (Lipinski definition) is 1. The molecule has 4 nitrogen and oxygen atoms in total. The highest BCUT2D eigenvalue weighted by atomic mass is 19.1. The summed E-state index contributed by atoms with van der Waals surface area (Å²) < 4.78 is 24.0. The fourth-order valence-electron chi connectivity index (χ4n) is 1.82. The molecule has 0 spiro atoms. The smallest absolute Gasteiger partial charge is 0.213 e. The molecule has 0 atom stereocenters. The molecule has 0 fully saturated rings. The van der Waals surface area contributed by atoms with Crippen molar-refractivity contribution < 1.29 is 13.9 Å². The normalized spacial score (nSPS) is 10.3. The monoisotopic (exact) mass is 276 g/mol. The number of methoxy groups -OCH3 is 1. The van der Waals surface area contributed by atoms with Gasteiger partial charge in [0.1, 0.15) is 18.2 Å². The van der Waals surface area contributed by atoms with Crippen LogP contribution in [0.15, 0.2) is 36.4 Å². The number of halogens is 1. The van der Waals surface area contributed by atoms with E-state index in [1.807, 2.05) is 12.1 Å². The molecule has 0 amide bonds. The maximum Gasteiger partial charge on any atom is 0.213 e. The predicted octanol–water partition coefficient (Wildman–Crippen LogP) is 2.53. The van der Waals surface area contributed by atoms with Crippen LogP contribution in [0.2, 0.25) is 0 Å². The first-order valence-electron chi connectivity index (χ1n) is 6.28. The van der Waals surface area contributed by atoms with Crippen LogP contribution in [0.25, 0.3) is 0 Å². The van der Waals surface area contributed by atoms with Crippen molar-refractivity contribution in [3.63, 3.8) is 0 Å². The molecule has 1 N–H and O–H groups in total. The SMILES string of the molecule is CNCc1cc(F)ccc1OCc1cccc(OC)n1. The van der Waals surface area contributed by atoms with Gasteiger partial charge in [0.25, 0.3) is 0 Å². The number of rotatable bonds is 6. The maximum absolute atomic E-state index is 13.2. The summed E-state index contributed by atoms with van der Waals surface area (Å²) in [4.78, 5) is 4.26. The van der Waals surface area contributed by atoms with Crippen molar-refractivity contribution in [1.82, 2.24) is 10.3 Å². The van der Waals surface area contributed by atoms with Gasteiger partial charge in [-0.05, 0) is 31.3 Å². The first-order valence-corrected chi connectivity index (χ1v) is 6.28. The van der Waals surface area contributed by atoms with Crippen LogP contribution in [-0.4, -0.2) is 19.1 Å². The first kappa shape index (κ1) is 14.3. The Kier molecular flexibility index (Phi) is 4.90. The standard InChI is InChI=1S/C15H17FN2O2/c1-17-9-11-8-12(16)6-7-14(11)20-10-13-4-3-5-15(18-13)19-2/h3-8,17H,9-10H2,1-2H3. The Hall–Kier alpha value is -2.14. The summed E-state index contributed by atoms with van der Waals surface area (Å²) in [6.45, 7) is 0.845. The zero-order valence-corrected chi connectivity index (χ0v) is 11.5. The van der Waals surface area contributed by atoms with Crippen molar-refractivity contribution in [2.75, 3.05) is 14.2 Å². The van der Waals surface area contributed by atoms with Gasteiger partial charge in [0.15, 0.2) is 0 Å². The summed E-state index contributed by atoms with van der Waals surface area (Å²) in [5.74, 6) is 0.910. The van der Waals surface area contributed by atoms with Crippen molar-refractivity contribution in [2.24, 2.45) is 0 Å². The average Bonchev–Trinajstić information content (AvgIpc) is 2.47. The summed E-state index contributed by atoms with van der Waals surface area (Å²) >= 11 is 0. The van der Waals surface area contributed by atoms with E-state index in [1.54, 1.807) is 26.3 Å². The summed E-state index contributed by atoms with van der Waals surface area (Å²) in [5.41, 5.74) is 1.53. The second-order valence-electron chi connectivity index (χ2n) is 4.24. The molecule has 0 saturated carbocycles. The Morgan fingerprint density at radius 2 is 2.10 bits per heavy atom. The summed E-state index contributed by atoms with van der Waals surface area (Å²) in [7, 11) is 3.37. The van der Waals surface area contributed by atoms with Crippen molar-refractivity contribution >= 4 is 0 Å². The molecule has 0 aliphatic heterocycles. The van der Waals surface area contributed by atoms with Crippen LogP contribution in [0.1, 0.15) is 11.3 Å². The van der Waals surface area contributed by atoms with Gasteiger partial charge >= 0.3 is 0 Å². The summed E-state index contributed by atoms with van der Waals surface area (Å²) in [5, 5.41) is 2.99. The largest absolute Gasteiger partial charge is 0.487 e. The van der Waals surface area contributed by atoms with E-state index in [0.29, 0.717) is 24.8 Å². The van der Waals surface area contributed by atoms with E-state index in [-0.39, 0.29) is 5.82 Å². The first-order chi connectivity index (χ1) is 9.72. The third kappa shape index (κ3) is 3.68. The number of benzene rings is 1. The molecular weight excluding hydrogens is 259 g/mol. The second-order valence-corrected chi connectivity index (χ2v) is 4.24. The van der Waals surface area contributed by atoms with Crippen LogP contribution in [0.4, 0.5) is 4.39 Å². The molecule has 0 bridgehead atoms. The molecule has 1 heterocycles. The summed E-state index contributed by atoms with van der Waals surface area (Å²) in [6.07, 6.45) is 0. The minimum absolute atomic E-state index is 0.276. The second kappa shape index (κ2) is 6.86. The van der Waals surface area contributed by atoms with Crippen molar-refractivity contribution in [2.45, 2.75) is 13.2 Å². The Morgan fingerprint density at radius 1 is 1.25 bits per heavy atom. The number of aromatic nitrogens is 1. The zero-order valence-electron chi connectivity index (χ0n) is 11.5. The predicted molar refractivity (Wildman–Crippen MR) is 74.3 cm³/mol. The van der Waals surface area contributed by atoms with E-state index in [2.05, 4.69) is 10.3 Å². The van der Waals surface area contributed by atoms with E-state index in [0.717, 1.165) is 11.3 Å². The molecule has 0 aliphatic rings. The molecule has 20 heavy (non-hydrogen) atoms. The van der Waals surface area contributed by atoms with Gasteiger partial charge in [0, 0.05) is 18.2 Å². The molecule has 5 heteroatoms. The van der Waals surface area contributed by atoms with Gasteiger partial charge in [-0.25, -0.2) is 9.37 Å². The average molecular weight is 276 g/mol. The quantitative estimate of drug-likeness (QED) is 0.880. The van der Waals surface area contributed by atoms with E-state index >= 15 is 0 Å². The molecule has 0 radical (unpaired) electrons. The van der Waals surface area contributed by atoms with Crippen molar-refractivity contribution in [1.29, 1.82) is 0 Å². The highest BCUT2D eigenvalue weighted by Crippen LogP contribution is 2.21. The lowest BCUT2D eigenvalue weighted by Gasteiger charge is -2.11. The fraction of sp³-hybridized carbons (Fsp3) is 0.267. The molecular formula is C15H17FN2O2. The van der Waals surface area contributed by atoms with Gasteiger partial charge < -0.3 is 14.8 Å². The highest BCUT2D eigenvalue weighted by Gasteiger charge is 2.06. The molecule has 2 rings (SSSR count). The zero-order chi connectivity index (χ0) is 14.4. The van der Waals surface area contributed by atoms with Crippen LogP contribution >= 0.6 is 0 Å². The number of pyridine rings is 1. The topological polar surface area (TPSA) is 43.4 Å². The van der Waals surface area contributed by atoms with Gasteiger partial charge in [-0.15, -0.1) is 0 Å². The van der Waals surface area contributed by atoms with Crippen LogP contribution in [0, 0.1) is 5.82 Å². The molecule has 106 valence electrons. The van der Waals surface area contributed by atoms with E-state index in [1.165, 1.54) is 12.1 Å². The Bertz CT molecular complexity index is 576. The van der Waals surface area contributed by atoms with Gasteiger partial charge in [-0.2, -0.15) is 0 Å². The number of ether oxygens (including phenoxy) is 2. The summed E-state index contributed by atoms with van der Waals surface area (Å²) in [6, 6.07) is 9.95. The minimum Gasteiger partial charge on any atom is -0.487 e. The number of nitrogens with one attached hydrogen (secondary N) is 1. The van der Waals surface area contributed by atoms with Crippen LogP contribution in [0.5, 0.6) is 11.6 Å². The van der Waals surface area contributed by atoms with Gasteiger partial charge in [0.2, 0.25) is 5.88 Å².